The fourth-order valence-electron chi connectivity index (χ4n) is 13.9. The number of hydrogen-bond acceptors (Lipinski definition) is 3. The number of anilines is 6. The first-order valence-electron chi connectivity index (χ1n) is 28.9. The van der Waals surface area contributed by atoms with Gasteiger partial charge in [-0.3, -0.25) is 0 Å². The molecule has 0 saturated heterocycles. The predicted octanol–water partition coefficient (Wildman–Crippen LogP) is 19.7. The minimum absolute atomic E-state index is 0.00379. The number of fused-ring (bicyclic) bond motifs is 8. The van der Waals surface area contributed by atoms with Crippen LogP contribution >= 0.6 is 33.9 Å². The standard InChI is InChI=1S/C72H80BIN2S/c1-44(2)30-31-68(7,8)48-26-28-50(29-27-48)75-60-36-45(3)37-61-63(60)73(66-65(75)53-40-54-57(43-62(53)77-66)72(15,74)35-34-71(54,13)14)58-41-55-56(70(11,12)33-32-69(55,9)10)42-59(58)76(61)64-51(46-22-18-16-19-23-46)38-49(67(4,5)6)39-52(64)47-24-20-17-21-25-47/h16-29,36-44H,30-35H2,1-15H3. The topological polar surface area (TPSA) is 6.48 Å². The lowest BCUT2D eigenvalue weighted by Gasteiger charge is -2.47. The molecule has 0 N–H and O–H groups in total. The molecule has 0 fully saturated rings. The minimum Gasteiger partial charge on any atom is -0.310 e. The van der Waals surface area contributed by atoms with Crippen LogP contribution in [-0.2, 0) is 30.5 Å². The molecular weight excluding hydrogens is 1060 g/mol. The Balaban J connectivity index is 1.23. The van der Waals surface area contributed by atoms with Crippen molar-refractivity contribution in [2.75, 3.05) is 9.80 Å². The number of rotatable bonds is 8. The number of nitrogens with zero attached hydrogens (tertiary/aromatic N) is 2. The molecule has 3 heterocycles. The highest BCUT2D eigenvalue weighted by molar-refractivity contribution is 14.1. The number of thiophene rings is 1. The summed E-state index contributed by atoms with van der Waals surface area (Å²) >= 11 is 4.85. The zero-order valence-corrected chi connectivity index (χ0v) is 51.8. The normalized spacial score (nSPS) is 18.9. The van der Waals surface area contributed by atoms with E-state index < -0.39 is 0 Å². The third kappa shape index (κ3) is 8.68. The van der Waals surface area contributed by atoms with E-state index in [0.717, 1.165) is 19.3 Å². The van der Waals surface area contributed by atoms with Gasteiger partial charge >= 0.3 is 0 Å². The van der Waals surface area contributed by atoms with Crippen LogP contribution in [0, 0.1) is 12.8 Å². The first kappa shape index (κ1) is 52.6. The molecule has 1 atom stereocenters. The van der Waals surface area contributed by atoms with Gasteiger partial charge in [-0.15, -0.1) is 11.3 Å². The van der Waals surface area contributed by atoms with E-state index in [4.69, 9.17) is 0 Å². The Hall–Kier alpha value is -5.11. The van der Waals surface area contributed by atoms with Crippen LogP contribution in [-0.4, -0.2) is 6.71 Å². The molecule has 2 aliphatic heterocycles. The molecule has 1 aromatic heterocycles. The van der Waals surface area contributed by atoms with E-state index in [1.165, 1.54) is 140 Å². The molecule has 2 nitrogen and oxygen atoms in total. The predicted molar refractivity (Wildman–Crippen MR) is 346 cm³/mol. The second-order valence-corrected chi connectivity index (χ2v) is 31.6. The molecule has 2 aliphatic carbocycles. The van der Waals surface area contributed by atoms with Gasteiger partial charge in [-0.25, -0.2) is 0 Å². The molecule has 7 aromatic carbocycles. The molecule has 1 unspecified atom stereocenters. The van der Waals surface area contributed by atoms with Gasteiger partial charge in [0.2, 0.25) is 0 Å². The van der Waals surface area contributed by atoms with Crippen molar-refractivity contribution < 1.29 is 0 Å². The van der Waals surface area contributed by atoms with Crippen LogP contribution < -0.4 is 25.5 Å². The first-order valence-corrected chi connectivity index (χ1v) is 30.8. The van der Waals surface area contributed by atoms with Gasteiger partial charge in [0.1, 0.15) is 0 Å². The van der Waals surface area contributed by atoms with Crippen LogP contribution in [0.5, 0.6) is 0 Å². The lowest BCUT2D eigenvalue weighted by molar-refractivity contribution is 0.332. The summed E-state index contributed by atoms with van der Waals surface area (Å²) in [6.45, 7) is 36.5. The van der Waals surface area contributed by atoms with Gasteiger partial charge in [-0.1, -0.05) is 198 Å². The smallest absolute Gasteiger partial charge is 0.264 e. The zero-order valence-electron chi connectivity index (χ0n) is 48.8. The van der Waals surface area contributed by atoms with Crippen LogP contribution in [0.4, 0.5) is 34.1 Å². The maximum Gasteiger partial charge on any atom is 0.264 e. The summed E-state index contributed by atoms with van der Waals surface area (Å²) in [6.07, 6.45) is 7.05. The number of benzene rings is 7. The fourth-order valence-corrected chi connectivity index (χ4v) is 15.9. The van der Waals surface area contributed by atoms with Crippen molar-refractivity contribution >= 4 is 101 Å². The number of aryl methyl sites for hydroxylation is 1. The quantitative estimate of drug-likeness (QED) is 0.0850. The second-order valence-electron chi connectivity index (χ2n) is 28.1. The van der Waals surface area contributed by atoms with E-state index in [9.17, 15) is 0 Å². The van der Waals surface area contributed by atoms with Gasteiger partial charge in [0.05, 0.1) is 11.4 Å². The third-order valence-corrected chi connectivity index (χ3v) is 21.4. The van der Waals surface area contributed by atoms with E-state index in [1.807, 2.05) is 0 Å². The molecule has 0 saturated carbocycles. The Morgan fingerprint density at radius 2 is 1.10 bits per heavy atom. The summed E-state index contributed by atoms with van der Waals surface area (Å²) in [7, 11) is 0. The molecule has 0 bridgehead atoms. The SMILES string of the molecule is Cc1cc2c3c(c1)N(c1ccc(C(C)(C)CCC(C)C)cc1)c1c(sc4cc5c(cc14)C(C)(C)CCC5(C)I)B3c1cc3c(cc1N2c1c(-c2ccccc2)cc(C(C)(C)C)cc1-c1ccccc1)C(C)(C)CCC3(C)C. The van der Waals surface area contributed by atoms with Gasteiger partial charge in [0.15, 0.2) is 0 Å². The molecular formula is C72H80BIN2S. The summed E-state index contributed by atoms with van der Waals surface area (Å²) in [4.78, 5) is 5.49. The highest BCUT2D eigenvalue weighted by atomic mass is 127. The highest BCUT2D eigenvalue weighted by Crippen LogP contribution is 2.57. The largest absolute Gasteiger partial charge is 0.310 e. The van der Waals surface area contributed by atoms with Gasteiger partial charge < -0.3 is 9.80 Å². The summed E-state index contributed by atoms with van der Waals surface area (Å²) < 4.78 is 2.92. The maximum absolute atomic E-state index is 2.78. The molecule has 0 amide bonds. The zero-order chi connectivity index (χ0) is 54.5. The molecule has 0 radical (unpaired) electrons. The Bertz CT molecular complexity index is 3580. The Kier molecular flexibility index (Phi) is 12.4. The van der Waals surface area contributed by atoms with Gasteiger partial charge in [0.25, 0.3) is 6.71 Å². The first-order chi connectivity index (χ1) is 36.3. The minimum atomic E-state index is -0.0892. The van der Waals surface area contributed by atoms with Crippen molar-refractivity contribution in [2.24, 2.45) is 5.92 Å². The van der Waals surface area contributed by atoms with E-state index >= 15 is 0 Å². The van der Waals surface area contributed by atoms with Gasteiger partial charge in [-0.2, -0.15) is 0 Å². The summed E-state index contributed by atoms with van der Waals surface area (Å²) in [5, 5.41) is 1.39. The Morgan fingerprint density at radius 1 is 0.571 bits per heavy atom. The highest BCUT2D eigenvalue weighted by Gasteiger charge is 2.49. The van der Waals surface area contributed by atoms with Crippen LogP contribution in [0.15, 0.2) is 133 Å². The van der Waals surface area contributed by atoms with Crippen LogP contribution in [0.25, 0.3) is 32.3 Å². The van der Waals surface area contributed by atoms with E-state index in [-0.39, 0.29) is 37.2 Å². The van der Waals surface area contributed by atoms with Crippen molar-refractivity contribution in [1.82, 2.24) is 0 Å². The van der Waals surface area contributed by atoms with E-state index in [1.54, 1.807) is 0 Å². The molecule has 4 aliphatic rings. The Morgan fingerprint density at radius 3 is 1.66 bits per heavy atom. The van der Waals surface area contributed by atoms with Crippen molar-refractivity contribution in [3.05, 3.63) is 172 Å². The lowest BCUT2D eigenvalue weighted by Crippen LogP contribution is -2.61. The molecule has 0 spiro atoms. The van der Waals surface area contributed by atoms with Crippen LogP contribution in [0.2, 0.25) is 0 Å². The van der Waals surface area contributed by atoms with E-state index in [2.05, 4.69) is 281 Å². The lowest BCUT2D eigenvalue weighted by atomic mass is 9.35. The maximum atomic E-state index is 2.78. The van der Waals surface area contributed by atoms with Gasteiger partial charge in [-0.05, 0) is 195 Å². The van der Waals surface area contributed by atoms with Crippen molar-refractivity contribution in [1.29, 1.82) is 0 Å². The van der Waals surface area contributed by atoms with Crippen molar-refractivity contribution in [2.45, 2.75) is 173 Å². The average molecular weight is 1140 g/mol. The summed E-state index contributed by atoms with van der Waals surface area (Å²) in [5.74, 6) is 0.671. The third-order valence-electron chi connectivity index (χ3n) is 19.1. The van der Waals surface area contributed by atoms with Crippen LogP contribution in [0.3, 0.4) is 0 Å². The molecule has 8 aromatic rings. The van der Waals surface area contributed by atoms with E-state index in [0.29, 0.717) is 5.92 Å². The second kappa shape index (κ2) is 18.2. The molecule has 12 rings (SSSR count). The summed E-state index contributed by atoms with van der Waals surface area (Å²) in [5.41, 5.74) is 25.6. The molecule has 5 heteroatoms. The average Bonchev–Trinajstić information content (AvgIpc) is 3.86. The van der Waals surface area contributed by atoms with Gasteiger partial charge in [0, 0.05) is 52.2 Å². The number of alkyl halides is 1. The van der Waals surface area contributed by atoms with Crippen molar-refractivity contribution in [3.63, 3.8) is 0 Å². The number of halogens is 1. The molecule has 394 valence electrons. The summed E-state index contributed by atoms with van der Waals surface area (Å²) in [6, 6.07) is 53.2. The monoisotopic (exact) mass is 1140 g/mol. The number of hydrogen-bond donors (Lipinski definition) is 0. The fraction of sp³-hybridized carbons (Fsp3) is 0.389. The van der Waals surface area contributed by atoms with Crippen molar-refractivity contribution in [3.8, 4) is 22.3 Å². The Labute approximate surface area is 480 Å². The van der Waals surface area contributed by atoms with Crippen LogP contribution in [0.1, 0.15) is 174 Å². The molecule has 77 heavy (non-hydrogen) atoms.